The summed E-state index contributed by atoms with van der Waals surface area (Å²) in [4.78, 5) is 0. The molecule has 2 N–H and O–H groups in total. The van der Waals surface area contributed by atoms with E-state index in [0.717, 1.165) is 32.5 Å². The van der Waals surface area contributed by atoms with Gasteiger partial charge in [0.15, 0.2) is 0 Å². The summed E-state index contributed by atoms with van der Waals surface area (Å²) in [7, 11) is 1.71. The highest BCUT2D eigenvalue weighted by molar-refractivity contribution is 4.73. The molecular weight excluding hydrogens is 166 g/mol. The number of methoxy groups -OCH3 is 1. The molecule has 2 unspecified atom stereocenters. The van der Waals surface area contributed by atoms with Gasteiger partial charge in [-0.25, -0.2) is 0 Å². The molecule has 78 valence electrons. The quantitative estimate of drug-likeness (QED) is 0.625. The smallest absolute Gasteiger partial charge is 0.0587 e. The number of rotatable bonds is 5. The van der Waals surface area contributed by atoms with E-state index in [2.05, 4.69) is 5.32 Å². The second-order valence-electron chi connectivity index (χ2n) is 3.88. The predicted molar refractivity (Wildman–Crippen MR) is 52.7 cm³/mol. The molecule has 3 heteroatoms. The summed E-state index contributed by atoms with van der Waals surface area (Å²) >= 11 is 0. The van der Waals surface area contributed by atoms with Gasteiger partial charge in [0.1, 0.15) is 0 Å². The lowest BCUT2D eigenvalue weighted by atomic mass is 9.87. The van der Waals surface area contributed by atoms with Gasteiger partial charge in [0.05, 0.1) is 12.7 Å². The second-order valence-corrected chi connectivity index (χ2v) is 3.88. The van der Waals surface area contributed by atoms with Gasteiger partial charge in [0.25, 0.3) is 0 Å². The maximum Gasteiger partial charge on any atom is 0.0587 e. The first kappa shape index (κ1) is 11.0. The van der Waals surface area contributed by atoms with Gasteiger partial charge in [0, 0.05) is 13.7 Å². The number of nitrogens with one attached hydrogen (secondary N) is 1. The van der Waals surface area contributed by atoms with Crippen molar-refractivity contribution in [1.29, 1.82) is 0 Å². The fourth-order valence-corrected chi connectivity index (χ4v) is 1.93. The Morgan fingerprint density at radius 3 is 3.00 bits per heavy atom. The van der Waals surface area contributed by atoms with Crippen molar-refractivity contribution >= 4 is 0 Å². The van der Waals surface area contributed by atoms with Crippen LogP contribution in [0.15, 0.2) is 0 Å². The average molecular weight is 187 g/mol. The number of aliphatic hydroxyl groups is 1. The highest BCUT2D eigenvalue weighted by Gasteiger charge is 2.19. The minimum absolute atomic E-state index is 0.0528. The average Bonchev–Trinajstić information content (AvgIpc) is 2.13. The lowest BCUT2D eigenvalue weighted by molar-refractivity contribution is 0.0996. The normalized spacial score (nSPS) is 29.1. The zero-order chi connectivity index (χ0) is 9.52. The number of aliphatic hydroxyl groups excluding tert-OH is 1. The van der Waals surface area contributed by atoms with E-state index in [4.69, 9.17) is 4.74 Å². The van der Waals surface area contributed by atoms with Crippen molar-refractivity contribution in [2.45, 2.75) is 31.8 Å². The molecule has 0 aromatic carbocycles. The van der Waals surface area contributed by atoms with Crippen LogP contribution < -0.4 is 5.32 Å². The van der Waals surface area contributed by atoms with Crippen molar-refractivity contribution in [1.82, 2.24) is 5.32 Å². The van der Waals surface area contributed by atoms with E-state index in [1.165, 1.54) is 12.8 Å². The van der Waals surface area contributed by atoms with E-state index in [9.17, 15) is 5.11 Å². The van der Waals surface area contributed by atoms with Gasteiger partial charge in [-0.1, -0.05) is 6.42 Å². The highest BCUT2D eigenvalue weighted by atomic mass is 16.5. The van der Waals surface area contributed by atoms with Crippen LogP contribution in [0.5, 0.6) is 0 Å². The van der Waals surface area contributed by atoms with Crippen molar-refractivity contribution in [3.63, 3.8) is 0 Å². The Morgan fingerprint density at radius 2 is 2.31 bits per heavy atom. The summed E-state index contributed by atoms with van der Waals surface area (Å²) in [6, 6.07) is 0. The minimum atomic E-state index is -0.0528. The largest absolute Gasteiger partial charge is 0.393 e. The molecule has 0 spiro atoms. The molecule has 1 rings (SSSR count). The number of hydrogen-bond donors (Lipinski definition) is 2. The van der Waals surface area contributed by atoms with E-state index in [0.29, 0.717) is 5.92 Å². The summed E-state index contributed by atoms with van der Waals surface area (Å²) < 4.78 is 4.94. The first-order valence-electron chi connectivity index (χ1n) is 5.20. The molecule has 1 aliphatic rings. The van der Waals surface area contributed by atoms with Crippen LogP contribution in [0.4, 0.5) is 0 Å². The first-order valence-corrected chi connectivity index (χ1v) is 5.20. The van der Waals surface area contributed by atoms with Gasteiger partial charge in [-0.15, -0.1) is 0 Å². The predicted octanol–water partition coefficient (Wildman–Crippen LogP) is 0.773. The second kappa shape index (κ2) is 6.35. The van der Waals surface area contributed by atoms with Crippen LogP contribution in [-0.4, -0.2) is 38.0 Å². The maximum atomic E-state index is 9.43. The van der Waals surface area contributed by atoms with Crippen LogP contribution in [0.25, 0.3) is 0 Å². The highest BCUT2D eigenvalue weighted by Crippen LogP contribution is 2.23. The molecule has 1 saturated carbocycles. The van der Waals surface area contributed by atoms with Crippen LogP contribution in [0.1, 0.15) is 25.7 Å². The molecule has 3 nitrogen and oxygen atoms in total. The Bertz CT molecular complexity index is 130. The van der Waals surface area contributed by atoms with E-state index in [1.807, 2.05) is 0 Å². The van der Waals surface area contributed by atoms with E-state index in [-0.39, 0.29) is 6.10 Å². The van der Waals surface area contributed by atoms with Gasteiger partial charge in [-0.05, 0) is 31.7 Å². The number of ether oxygens (including phenoxy) is 1. The van der Waals surface area contributed by atoms with Gasteiger partial charge < -0.3 is 15.2 Å². The summed E-state index contributed by atoms with van der Waals surface area (Å²) in [6.45, 7) is 2.72. The molecule has 0 aliphatic heterocycles. The SMILES string of the molecule is COCCNCC1CCCC(O)C1. The van der Waals surface area contributed by atoms with Crippen molar-refractivity contribution in [3.05, 3.63) is 0 Å². The molecule has 0 saturated heterocycles. The minimum Gasteiger partial charge on any atom is -0.393 e. The number of hydrogen-bond acceptors (Lipinski definition) is 3. The zero-order valence-corrected chi connectivity index (χ0v) is 8.46. The van der Waals surface area contributed by atoms with Crippen molar-refractivity contribution in [3.8, 4) is 0 Å². The van der Waals surface area contributed by atoms with Crippen LogP contribution in [0.2, 0.25) is 0 Å². The summed E-state index contributed by atoms with van der Waals surface area (Å²) in [6.07, 6.45) is 4.35. The molecule has 13 heavy (non-hydrogen) atoms. The molecule has 0 radical (unpaired) electrons. The van der Waals surface area contributed by atoms with Gasteiger partial charge in [-0.3, -0.25) is 0 Å². The zero-order valence-electron chi connectivity index (χ0n) is 8.46. The monoisotopic (exact) mass is 187 g/mol. The van der Waals surface area contributed by atoms with E-state index < -0.39 is 0 Å². The fourth-order valence-electron chi connectivity index (χ4n) is 1.93. The third-order valence-electron chi connectivity index (χ3n) is 2.67. The Kier molecular flexibility index (Phi) is 5.35. The Hall–Kier alpha value is -0.120. The standard InChI is InChI=1S/C10H21NO2/c1-13-6-5-11-8-9-3-2-4-10(12)7-9/h9-12H,2-8H2,1H3. The van der Waals surface area contributed by atoms with Crippen LogP contribution >= 0.6 is 0 Å². The molecule has 0 heterocycles. The third kappa shape index (κ3) is 4.60. The summed E-state index contributed by atoms with van der Waals surface area (Å²) in [5, 5.41) is 12.8. The molecule has 0 amide bonds. The van der Waals surface area contributed by atoms with Gasteiger partial charge >= 0.3 is 0 Å². The molecule has 2 atom stereocenters. The van der Waals surface area contributed by atoms with Crippen LogP contribution in [-0.2, 0) is 4.74 Å². The van der Waals surface area contributed by atoms with Crippen molar-refractivity contribution in [2.75, 3.05) is 26.8 Å². The third-order valence-corrected chi connectivity index (χ3v) is 2.67. The molecule has 0 bridgehead atoms. The van der Waals surface area contributed by atoms with Crippen LogP contribution in [0.3, 0.4) is 0 Å². The molecular formula is C10H21NO2. The summed E-state index contributed by atoms with van der Waals surface area (Å²) in [5.74, 6) is 0.667. The van der Waals surface area contributed by atoms with E-state index in [1.54, 1.807) is 7.11 Å². The molecule has 1 aliphatic carbocycles. The van der Waals surface area contributed by atoms with Crippen molar-refractivity contribution in [2.24, 2.45) is 5.92 Å². The topological polar surface area (TPSA) is 41.5 Å². The lowest BCUT2D eigenvalue weighted by Crippen LogP contribution is -2.30. The van der Waals surface area contributed by atoms with Gasteiger partial charge in [-0.2, -0.15) is 0 Å². The van der Waals surface area contributed by atoms with Gasteiger partial charge in [0.2, 0.25) is 0 Å². The molecule has 1 fully saturated rings. The Labute approximate surface area is 80.5 Å². The summed E-state index contributed by atoms with van der Waals surface area (Å²) in [5.41, 5.74) is 0. The first-order chi connectivity index (χ1) is 6.33. The Morgan fingerprint density at radius 1 is 1.46 bits per heavy atom. The fraction of sp³-hybridized carbons (Fsp3) is 1.00. The lowest BCUT2D eigenvalue weighted by Gasteiger charge is -2.25. The van der Waals surface area contributed by atoms with Crippen LogP contribution in [0, 0.1) is 5.92 Å². The molecule has 0 aromatic heterocycles. The molecule has 0 aromatic rings. The van der Waals surface area contributed by atoms with Crippen molar-refractivity contribution < 1.29 is 9.84 Å². The Balaban J connectivity index is 2.00. The van der Waals surface area contributed by atoms with E-state index >= 15 is 0 Å². The maximum absolute atomic E-state index is 9.43.